The van der Waals surface area contributed by atoms with Crippen LogP contribution in [-0.4, -0.2) is 83.8 Å². The van der Waals surface area contributed by atoms with Crippen molar-refractivity contribution >= 4 is 33.6 Å². The number of carbonyl (C=O) groups is 2. The Morgan fingerprint density at radius 1 is 0.778 bits per heavy atom. The minimum Gasteiger partial charge on any atom is -0.443 e. The van der Waals surface area contributed by atoms with Crippen molar-refractivity contribution in [3.8, 4) is 0 Å². The summed E-state index contributed by atoms with van der Waals surface area (Å²) in [6.07, 6.45) is 1.86. The number of alkyl carbamates (subject to hydrolysis) is 2. The normalized spacial score (nSPS) is 27.7. The van der Waals surface area contributed by atoms with Crippen LogP contribution in [-0.2, 0) is 40.4 Å². The van der Waals surface area contributed by atoms with Crippen LogP contribution in [0.3, 0.4) is 0 Å². The standard InChI is InChI=1S/C29H54F4N2O8S2/c1-20(10-13-34-27(36)42-23-8-6-21(16-25(23)40-4)11-14-44(30,31)38)18-29(2,3)19-35-28(37)43-24-9-7-22(17-26(24)41-5)12-15-45(32,33)39/h20-26,44-45H,6-19H2,1-5H3,(H,34,36)(H,35,37). The summed E-state index contributed by atoms with van der Waals surface area (Å²) >= 11 is 0. The Labute approximate surface area is 267 Å². The molecule has 45 heavy (non-hydrogen) atoms. The number of hydrogen-bond donors (Lipinski definition) is 4. The van der Waals surface area contributed by atoms with Crippen molar-refractivity contribution in [3.63, 3.8) is 0 Å². The van der Waals surface area contributed by atoms with E-state index in [1.807, 2.05) is 13.8 Å². The first-order valence-electron chi connectivity index (χ1n) is 15.8. The molecule has 0 aromatic heterocycles. The highest BCUT2D eigenvalue weighted by Crippen LogP contribution is 2.33. The van der Waals surface area contributed by atoms with Crippen molar-refractivity contribution in [2.24, 2.45) is 23.2 Å². The summed E-state index contributed by atoms with van der Waals surface area (Å²) in [6, 6.07) is 0. The first kappa shape index (κ1) is 39.7. The summed E-state index contributed by atoms with van der Waals surface area (Å²) in [5, 5.41) is 5.58. The van der Waals surface area contributed by atoms with Gasteiger partial charge in [-0.1, -0.05) is 20.8 Å². The fourth-order valence-corrected chi connectivity index (χ4v) is 7.86. The predicted molar refractivity (Wildman–Crippen MR) is 167 cm³/mol. The molecule has 0 spiro atoms. The van der Waals surface area contributed by atoms with E-state index < -0.39 is 69.5 Å². The molecular weight excluding hydrogens is 644 g/mol. The van der Waals surface area contributed by atoms with Gasteiger partial charge in [-0.3, -0.25) is 0 Å². The van der Waals surface area contributed by atoms with Crippen LogP contribution in [0.15, 0.2) is 0 Å². The Kier molecular flexibility index (Phi) is 16.0. The zero-order chi connectivity index (χ0) is 33.8. The largest absolute Gasteiger partial charge is 0.443 e. The van der Waals surface area contributed by atoms with Crippen molar-refractivity contribution < 1.29 is 52.5 Å². The number of nitrogens with one attached hydrogen (secondary N) is 2. The molecule has 2 N–H and O–H groups in total. The Bertz CT molecular complexity index is 1030. The van der Waals surface area contributed by atoms with E-state index in [1.165, 1.54) is 14.2 Å². The average Bonchev–Trinajstić information content (AvgIpc) is 2.94. The van der Waals surface area contributed by atoms with E-state index in [0.717, 1.165) is 6.42 Å². The molecule has 2 aliphatic rings. The highest BCUT2D eigenvalue weighted by molar-refractivity contribution is 7.93. The van der Waals surface area contributed by atoms with Crippen molar-refractivity contribution in [1.29, 1.82) is 0 Å². The minimum atomic E-state index is -5.05. The highest BCUT2D eigenvalue weighted by atomic mass is 32.3. The summed E-state index contributed by atoms with van der Waals surface area (Å²) in [4.78, 5) is 25.0. The zero-order valence-corrected chi connectivity index (χ0v) is 28.9. The van der Waals surface area contributed by atoms with Gasteiger partial charge in [-0.25, -0.2) is 18.0 Å². The summed E-state index contributed by atoms with van der Waals surface area (Å²) in [6.45, 7) is 6.83. The lowest BCUT2D eigenvalue weighted by Gasteiger charge is -2.35. The fraction of sp³-hybridized carbons (Fsp3) is 0.931. The van der Waals surface area contributed by atoms with Crippen molar-refractivity contribution in [2.45, 2.75) is 109 Å². The van der Waals surface area contributed by atoms with Crippen molar-refractivity contribution in [1.82, 2.24) is 10.6 Å². The fourth-order valence-electron chi connectivity index (χ4n) is 6.53. The van der Waals surface area contributed by atoms with Gasteiger partial charge in [0.15, 0.2) is 21.4 Å². The molecule has 2 saturated carbocycles. The van der Waals surface area contributed by atoms with Crippen LogP contribution in [0, 0.1) is 23.2 Å². The van der Waals surface area contributed by atoms with E-state index in [1.54, 1.807) is 0 Å². The summed E-state index contributed by atoms with van der Waals surface area (Å²) in [5.41, 5.74) is -0.272. The van der Waals surface area contributed by atoms with Gasteiger partial charge in [0.05, 0.1) is 23.7 Å². The third-order valence-electron chi connectivity index (χ3n) is 8.92. The van der Waals surface area contributed by atoms with Gasteiger partial charge in [-0.05, 0) is 87.4 Å². The van der Waals surface area contributed by atoms with Gasteiger partial charge in [0.1, 0.15) is 12.2 Å². The highest BCUT2D eigenvalue weighted by Gasteiger charge is 2.35. The molecule has 0 saturated heterocycles. The van der Waals surface area contributed by atoms with Gasteiger partial charge in [-0.2, -0.15) is 0 Å². The van der Waals surface area contributed by atoms with Gasteiger partial charge in [0.2, 0.25) is 0 Å². The molecule has 0 aromatic carbocycles. The van der Waals surface area contributed by atoms with Crippen LogP contribution in [0.2, 0.25) is 0 Å². The molecule has 268 valence electrons. The molecule has 0 aliphatic heterocycles. The number of halogens is 4. The van der Waals surface area contributed by atoms with Gasteiger partial charge in [0, 0.05) is 27.3 Å². The molecular formula is C29H54F4N2O8S2. The van der Waals surface area contributed by atoms with E-state index in [0.29, 0.717) is 58.0 Å². The van der Waals surface area contributed by atoms with Crippen LogP contribution in [0.25, 0.3) is 0 Å². The predicted octanol–water partition coefficient (Wildman–Crippen LogP) is 5.60. The molecule has 7 atom stereocenters. The summed E-state index contributed by atoms with van der Waals surface area (Å²) < 4.78 is 94.8. The molecule has 2 fully saturated rings. The number of methoxy groups -OCH3 is 2. The lowest BCUT2D eigenvalue weighted by atomic mass is 9.82. The van der Waals surface area contributed by atoms with Gasteiger partial charge in [0.25, 0.3) is 0 Å². The number of rotatable bonds is 17. The third-order valence-corrected chi connectivity index (χ3v) is 10.5. The summed E-state index contributed by atoms with van der Waals surface area (Å²) in [5.74, 6) is -1.11. The van der Waals surface area contributed by atoms with Crippen LogP contribution in [0.5, 0.6) is 0 Å². The quantitative estimate of drug-likeness (QED) is 0.0879. The van der Waals surface area contributed by atoms with Crippen LogP contribution in [0.4, 0.5) is 25.1 Å². The maximum Gasteiger partial charge on any atom is 0.407 e. The van der Waals surface area contributed by atoms with Crippen LogP contribution in [0.1, 0.15) is 85.0 Å². The number of thiol groups is 2. The topological polar surface area (TPSA) is 129 Å². The molecule has 2 amide bonds. The molecule has 0 heterocycles. The maximum atomic E-state index is 12.8. The van der Waals surface area contributed by atoms with E-state index >= 15 is 0 Å². The number of hydrogen-bond acceptors (Lipinski definition) is 8. The second-order valence-corrected chi connectivity index (χ2v) is 16.7. The molecule has 16 heteroatoms. The smallest absolute Gasteiger partial charge is 0.407 e. The number of carbonyl (C=O) groups excluding carboxylic acids is 2. The molecule has 2 aliphatic carbocycles. The first-order chi connectivity index (χ1) is 20.9. The minimum absolute atomic E-state index is 0.0529. The van der Waals surface area contributed by atoms with Gasteiger partial charge in [-0.15, -0.1) is 15.5 Å². The molecule has 2 rings (SSSR count). The molecule has 0 radical (unpaired) electrons. The Hall–Kier alpha value is -1.52. The number of amides is 2. The Morgan fingerprint density at radius 3 is 1.64 bits per heavy atom. The molecule has 10 nitrogen and oxygen atoms in total. The lowest BCUT2D eigenvalue weighted by molar-refractivity contribution is -0.0577. The van der Waals surface area contributed by atoms with Crippen LogP contribution < -0.4 is 10.6 Å². The SMILES string of the molecule is COC1CC(CC[SH](=O)(F)F)CCC1OC(=O)NCCC(C)CC(C)(C)CNC(=O)OC1CCC(CC[SH](=O)(F)F)CC1OC. The van der Waals surface area contributed by atoms with Gasteiger partial charge < -0.3 is 29.6 Å². The monoisotopic (exact) mass is 698 g/mol. The maximum absolute atomic E-state index is 12.8. The second-order valence-electron chi connectivity index (χ2n) is 13.5. The first-order valence-corrected chi connectivity index (χ1v) is 19.2. The summed E-state index contributed by atoms with van der Waals surface area (Å²) in [7, 11) is -7.12. The molecule has 0 bridgehead atoms. The lowest BCUT2D eigenvalue weighted by Crippen LogP contribution is -2.43. The van der Waals surface area contributed by atoms with Gasteiger partial charge >= 0.3 is 12.2 Å². The number of ether oxygens (including phenoxy) is 4. The average molecular weight is 699 g/mol. The Balaban J connectivity index is 1.66. The second kappa shape index (κ2) is 18.1. The molecule has 7 unspecified atom stereocenters. The molecule has 0 aromatic rings. The van der Waals surface area contributed by atoms with Crippen molar-refractivity contribution in [2.75, 3.05) is 38.8 Å². The van der Waals surface area contributed by atoms with Crippen LogP contribution >= 0.6 is 0 Å². The van der Waals surface area contributed by atoms with E-state index in [-0.39, 0.29) is 36.0 Å². The zero-order valence-electron chi connectivity index (χ0n) is 27.1. The van der Waals surface area contributed by atoms with E-state index in [9.17, 15) is 33.5 Å². The van der Waals surface area contributed by atoms with E-state index in [4.69, 9.17) is 18.9 Å². The van der Waals surface area contributed by atoms with E-state index in [2.05, 4.69) is 17.6 Å². The Morgan fingerprint density at radius 2 is 1.22 bits per heavy atom. The third kappa shape index (κ3) is 16.2. The van der Waals surface area contributed by atoms with Crippen molar-refractivity contribution in [3.05, 3.63) is 0 Å².